The third-order valence-electron chi connectivity index (χ3n) is 2.98. The van der Waals surface area contributed by atoms with Crippen LogP contribution in [0.5, 0.6) is 5.75 Å². The number of esters is 1. The van der Waals surface area contributed by atoms with Gasteiger partial charge in [-0.25, -0.2) is 0 Å². The molecule has 0 aliphatic heterocycles. The fraction of sp³-hybridized carbons (Fsp3) is 0.500. The van der Waals surface area contributed by atoms with Crippen molar-refractivity contribution in [2.24, 2.45) is 5.92 Å². The maximum absolute atomic E-state index is 11.7. The van der Waals surface area contributed by atoms with Gasteiger partial charge < -0.3 is 14.2 Å². The molecule has 0 spiro atoms. The van der Waals surface area contributed by atoms with E-state index in [0.717, 1.165) is 11.3 Å². The number of ether oxygens (including phenoxy) is 3. The molecule has 0 aliphatic carbocycles. The van der Waals surface area contributed by atoms with E-state index < -0.39 is 11.9 Å². The van der Waals surface area contributed by atoms with Gasteiger partial charge in [0, 0.05) is 7.11 Å². The topological polar surface area (TPSA) is 61.8 Å². The Morgan fingerprint density at radius 3 is 2.33 bits per heavy atom. The zero-order valence-electron chi connectivity index (χ0n) is 12.8. The van der Waals surface area contributed by atoms with E-state index >= 15 is 0 Å². The second kappa shape index (κ2) is 9.13. The van der Waals surface area contributed by atoms with Crippen molar-refractivity contribution in [3.8, 4) is 5.75 Å². The number of Topliss-reactive ketones (excluding diaryl/α,β-unsaturated/α-hetero) is 1. The van der Waals surface area contributed by atoms with Crippen LogP contribution in [0.15, 0.2) is 24.3 Å². The van der Waals surface area contributed by atoms with Gasteiger partial charge in [-0.15, -0.1) is 0 Å². The molecule has 1 aromatic carbocycles. The Bertz CT molecular complexity index is 452. The largest absolute Gasteiger partial charge is 0.491 e. The quantitative estimate of drug-likeness (QED) is 0.396. The lowest BCUT2D eigenvalue weighted by atomic mass is 9.96. The molecule has 0 aromatic heterocycles. The molecule has 0 saturated heterocycles. The van der Waals surface area contributed by atoms with Crippen molar-refractivity contribution >= 4 is 11.8 Å². The Kier molecular flexibility index (Phi) is 7.46. The van der Waals surface area contributed by atoms with Crippen molar-refractivity contribution in [3.63, 3.8) is 0 Å². The monoisotopic (exact) mass is 294 g/mol. The van der Waals surface area contributed by atoms with Crippen molar-refractivity contribution in [1.29, 1.82) is 0 Å². The number of hydrogen-bond acceptors (Lipinski definition) is 5. The lowest BCUT2D eigenvalue weighted by molar-refractivity contribution is -0.151. The van der Waals surface area contributed by atoms with Gasteiger partial charge in [0.15, 0.2) is 0 Å². The van der Waals surface area contributed by atoms with Crippen molar-refractivity contribution < 1.29 is 23.8 Å². The van der Waals surface area contributed by atoms with E-state index in [-0.39, 0.29) is 12.4 Å². The molecule has 0 N–H and O–H groups in total. The summed E-state index contributed by atoms with van der Waals surface area (Å²) in [5, 5.41) is 0. The summed E-state index contributed by atoms with van der Waals surface area (Å²) in [5.74, 6) is -0.671. The second-order valence-electron chi connectivity index (χ2n) is 4.60. The molecule has 0 radical (unpaired) electrons. The summed E-state index contributed by atoms with van der Waals surface area (Å²) in [4.78, 5) is 23.3. The highest BCUT2D eigenvalue weighted by atomic mass is 16.5. The summed E-state index contributed by atoms with van der Waals surface area (Å²) in [6.45, 7) is 4.41. The molecular weight excluding hydrogens is 272 g/mol. The Hall–Kier alpha value is -1.88. The van der Waals surface area contributed by atoms with Crippen molar-refractivity contribution in [1.82, 2.24) is 0 Å². The Morgan fingerprint density at radius 2 is 1.81 bits per heavy atom. The molecule has 116 valence electrons. The summed E-state index contributed by atoms with van der Waals surface area (Å²) in [5.41, 5.74) is 0.891. The van der Waals surface area contributed by atoms with Gasteiger partial charge in [-0.3, -0.25) is 9.59 Å². The Balaban J connectivity index is 2.63. The highest BCUT2D eigenvalue weighted by Gasteiger charge is 2.24. The minimum atomic E-state index is -0.745. The normalized spacial score (nSPS) is 11.8. The number of benzene rings is 1. The molecule has 0 fully saturated rings. The van der Waals surface area contributed by atoms with Gasteiger partial charge in [0.2, 0.25) is 0 Å². The van der Waals surface area contributed by atoms with Gasteiger partial charge in [-0.05, 0) is 38.0 Å². The first-order valence-corrected chi connectivity index (χ1v) is 6.96. The number of ketones is 1. The number of hydrogen-bond donors (Lipinski definition) is 0. The zero-order chi connectivity index (χ0) is 15.7. The molecule has 0 saturated carbocycles. The molecular formula is C16H22O5. The summed E-state index contributed by atoms with van der Waals surface area (Å²) in [7, 11) is 1.61. The minimum absolute atomic E-state index is 0.186. The van der Waals surface area contributed by atoms with E-state index in [1.165, 1.54) is 6.92 Å². The van der Waals surface area contributed by atoms with E-state index in [1.807, 2.05) is 24.3 Å². The molecule has 1 aromatic rings. The lowest BCUT2D eigenvalue weighted by Crippen LogP contribution is -2.26. The maximum Gasteiger partial charge on any atom is 0.316 e. The number of carbonyl (C=O) groups excluding carboxylic acids is 2. The predicted octanol–water partition coefficient (Wildman–Crippen LogP) is 2.02. The predicted molar refractivity (Wildman–Crippen MR) is 78.3 cm³/mol. The third-order valence-corrected chi connectivity index (χ3v) is 2.98. The van der Waals surface area contributed by atoms with E-state index in [4.69, 9.17) is 14.2 Å². The average Bonchev–Trinajstić information content (AvgIpc) is 2.46. The molecule has 0 heterocycles. The van der Waals surface area contributed by atoms with Crippen LogP contribution in [0, 0.1) is 5.92 Å². The molecule has 1 atom stereocenters. The van der Waals surface area contributed by atoms with Gasteiger partial charge >= 0.3 is 5.97 Å². The molecule has 0 amide bonds. The second-order valence-corrected chi connectivity index (χ2v) is 4.60. The van der Waals surface area contributed by atoms with Gasteiger partial charge in [-0.2, -0.15) is 0 Å². The van der Waals surface area contributed by atoms with Gasteiger partial charge in [0.1, 0.15) is 24.1 Å². The number of carbonyl (C=O) groups is 2. The summed E-state index contributed by atoms with van der Waals surface area (Å²) < 4.78 is 15.3. The van der Waals surface area contributed by atoms with Crippen LogP contribution < -0.4 is 4.74 Å². The summed E-state index contributed by atoms with van der Waals surface area (Å²) >= 11 is 0. The first kappa shape index (κ1) is 17.2. The molecule has 1 rings (SSSR count). The Labute approximate surface area is 125 Å². The summed E-state index contributed by atoms with van der Waals surface area (Å²) in [6, 6.07) is 7.31. The first-order chi connectivity index (χ1) is 10.1. The highest BCUT2D eigenvalue weighted by Crippen LogP contribution is 2.16. The van der Waals surface area contributed by atoms with Crippen molar-refractivity contribution in [3.05, 3.63) is 29.8 Å². The van der Waals surface area contributed by atoms with Crippen LogP contribution in [0.1, 0.15) is 19.4 Å². The van der Waals surface area contributed by atoms with Gasteiger partial charge in [0.25, 0.3) is 0 Å². The average molecular weight is 294 g/mol. The van der Waals surface area contributed by atoms with Crippen molar-refractivity contribution in [2.45, 2.75) is 20.3 Å². The van der Waals surface area contributed by atoms with Gasteiger partial charge in [-0.1, -0.05) is 12.1 Å². The van der Waals surface area contributed by atoms with E-state index in [0.29, 0.717) is 19.6 Å². The first-order valence-electron chi connectivity index (χ1n) is 6.96. The van der Waals surface area contributed by atoms with Crippen LogP contribution >= 0.6 is 0 Å². The van der Waals surface area contributed by atoms with Crippen LogP contribution in [0.3, 0.4) is 0 Å². The van der Waals surface area contributed by atoms with Gasteiger partial charge in [0.05, 0.1) is 13.2 Å². The third kappa shape index (κ3) is 5.95. The van der Waals surface area contributed by atoms with Crippen LogP contribution in [-0.2, 0) is 25.5 Å². The van der Waals surface area contributed by atoms with Crippen LogP contribution in [0.4, 0.5) is 0 Å². The molecule has 0 bridgehead atoms. The van der Waals surface area contributed by atoms with Crippen LogP contribution in [0.25, 0.3) is 0 Å². The number of methoxy groups -OCH3 is 1. The fourth-order valence-corrected chi connectivity index (χ4v) is 1.84. The minimum Gasteiger partial charge on any atom is -0.491 e. The zero-order valence-corrected chi connectivity index (χ0v) is 12.8. The van der Waals surface area contributed by atoms with E-state index in [2.05, 4.69) is 0 Å². The van der Waals surface area contributed by atoms with Crippen molar-refractivity contribution in [2.75, 3.05) is 26.9 Å². The standard InChI is InChI=1S/C16H22O5/c1-4-20-16(18)15(12(2)17)11-13-5-7-14(8-6-13)21-10-9-19-3/h5-8,15H,4,9-11H2,1-3H3. The smallest absolute Gasteiger partial charge is 0.316 e. The lowest BCUT2D eigenvalue weighted by Gasteiger charge is -2.13. The van der Waals surface area contributed by atoms with Crippen LogP contribution in [-0.4, -0.2) is 38.7 Å². The summed E-state index contributed by atoms with van der Waals surface area (Å²) in [6.07, 6.45) is 0.340. The fourth-order valence-electron chi connectivity index (χ4n) is 1.84. The molecule has 5 heteroatoms. The van der Waals surface area contributed by atoms with E-state index in [9.17, 15) is 9.59 Å². The van der Waals surface area contributed by atoms with Crippen LogP contribution in [0.2, 0.25) is 0 Å². The molecule has 0 aliphatic rings. The Morgan fingerprint density at radius 1 is 1.14 bits per heavy atom. The molecule has 5 nitrogen and oxygen atoms in total. The number of rotatable bonds is 9. The molecule has 21 heavy (non-hydrogen) atoms. The highest BCUT2D eigenvalue weighted by molar-refractivity contribution is 5.98. The molecule has 1 unspecified atom stereocenters. The SMILES string of the molecule is CCOC(=O)C(Cc1ccc(OCCOC)cc1)C(C)=O. The maximum atomic E-state index is 11.7. The van der Waals surface area contributed by atoms with E-state index in [1.54, 1.807) is 14.0 Å².